The normalized spacial score (nSPS) is 14.8. The molecule has 0 unspecified atom stereocenters. The van der Waals surface area contributed by atoms with Crippen molar-refractivity contribution in [2.75, 3.05) is 36.4 Å². The van der Waals surface area contributed by atoms with Gasteiger partial charge in [-0.05, 0) is 37.6 Å². The Morgan fingerprint density at radius 3 is 2.44 bits per heavy atom. The Bertz CT molecular complexity index is 1320. The molecule has 0 radical (unpaired) electrons. The van der Waals surface area contributed by atoms with E-state index in [9.17, 15) is 19.5 Å². The van der Waals surface area contributed by atoms with Gasteiger partial charge in [-0.3, -0.25) is 14.2 Å². The Kier molecular flexibility index (Phi) is 6.28. The maximum absolute atomic E-state index is 13.3. The van der Waals surface area contributed by atoms with E-state index in [-0.39, 0.29) is 23.1 Å². The number of aromatic nitrogens is 2. The fourth-order valence-corrected chi connectivity index (χ4v) is 4.48. The summed E-state index contributed by atoms with van der Waals surface area (Å²) < 4.78 is 1.56. The van der Waals surface area contributed by atoms with Crippen LogP contribution in [0.3, 0.4) is 0 Å². The van der Waals surface area contributed by atoms with E-state index in [0.717, 1.165) is 11.1 Å². The summed E-state index contributed by atoms with van der Waals surface area (Å²) >= 11 is 0. The number of carbonyl (C=O) groups excluding carboxylic acids is 1. The van der Waals surface area contributed by atoms with Crippen LogP contribution in [-0.4, -0.2) is 57.6 Å². The summed E-state index contributed by atoms with van der Waals surface area (Å²) in [4.78, 5) is 45.4. The van der Waals surface area contributed by atoms with E-state index in [1.807, 2.05) is 30.9 Å². The van der Waals surface area contributed by atoms with E-state index in [1.165, 1.54) is 0 Å². The first kappa shape index (κ1) is 23.3. The fraction of sp³-hybridized carbons (Fsp3) is 0.360. The third kappa shape index (κ3) is 4.33. The third-order valence-corrected chi connectivity index (χ3v) is 6.33. The molecule has 1 fully saturated rings. The minimum Gasteiger partial charge on any atom is -0.478 e. The summed E-state index contributed by atoms with van der Waals surface area (Å²) in [6.07, 6.45) is 0. The minimum atomic E-state index is -1.01. The summed E-state index contributed by atoms with van der Waals surface area (Å²) in [7, 11) is 1.72. The van der Waals surface area contributed by atoms with Gasteiger partial charge in [-0.2, -0.15) is 0 Å². The second-order valence-electron chi connectivity index (χ2n) is 8.74. The Morgan fingerprint density at radius 1 is 1.12 bits per heavy atom. The summed E-state index contributed by atoms with van der Waals surface area (Å²) in [6.45, 7) is 7.75. The molecule has 1 atom stereocenters. The Hall–Kier alpha value is -3.88. The average Bonchev–Trinajstić information content (AvgIpc) is 2.81. The van der Waals surface area contributed by atoms with Crippen LogP contribution in [0, 0.1) is 6.92 Å². The number of hydrogen-bond donors (Lipinski definition) is 2. The minimum absolute atomic E-state index is 0.0410. The molecule has 1 saturated heterocycles. The second-order valence-corrected chi connectivity index (χ2v) is 8.74. The van der Waals surface area contributed by atoms with Gasteiger partial charge >= 0.3 is 5.97 Å². The topological polar surface area (TPSA) is 108 Å². The van der Waals surface area contributed by atoms with Gasteiger partial charge in [-0.15, -0.1) is 0 Å². The quantitative estimate of drug-likeness (QED) is 0.599. The van der Waals surface area contributed by atoms with Gasteiger partial charge in [-0.25, -0.2) is 9.78 Å². The zero-order valence-electron chi connectivity index (χ0n) is 19.8. The number of anilines is 2. The van der Waals surface area contributed by atoms with Gasteiger partial charge in [0.05, 0.1) is 22.5 Å². The maximum atomic E-state index is 13.3. The lowest BCUT2D eigenvalue weighted by molar-refractivity contribution is -0.129. The summed E-state index contributed by atoms with van der Waals surface area (Å²) in [5.41, 5.74) is 2.87. The number of rotatable bonds is 5. The fourth-order valence-electron chi connectivity index (χ4n) is 4.48. The van der Waals surface area contributed by atoms with Crippen molar-refractivity contribution in [3.8, 4) is 0 Å². The molecule has 1 aliphatic heterocycles. The highest BCUT2D eigenvalue weighted by Gasteiger charge is 2.24. The average molecular weight is 464 g/mol. The monoisotopic (exact) mass is 463 g/mol. The number of aryl methyl sites for hydroxylation is 1. The number of carbonyl (C=O) groups is 2. The Balaban J connectivity index is 1.77. The highest BCUT2D eigenvalue weighted by Crippen LogP contribution is 2.29. The van der Waals surface area contributed by atoms with Crippen LogP contribution >= 0.6 is 0 Å². The first-order chi connectivity index (χ1) is 16.2. The number of aromatic carboxylic acids is 1. The third-order valence-electron chi connectivity index (χ3n) is 6.33. The first-order valence-corrected chi connectivity index (χ1v) is 11.3. The van der Waals surface area contributed by atoms with Crippen molar-refractivity contribution in [1.29, 1.82) is 0 Å². The summed E-state index contributed by atoms with van der Waals surface area (Å²) in [5, 5.41) is 13.3. The highest BCUT2D eigenvalue weighted by atomic mass is 16.4. The van der Waals surface area contributed by atoms with Crippen LogP contribution in [0.25, 0.3) is 10.9 Å². The van der Waals surface area contributed by atoms with Crippen LogP contribution in [0.1, 0.15) is 41.4 Å². The van der Waals surface area contributed by atoms with Crippen molar-refractivity contribution in [3.63, 3.8) is 0 Å². The van der Waals surface area contributed by atoms with E-state index in [0.29, 0.717) is 48.7 Å². The number of hydrogen-bond acceptors (Lipinski definition) is 6. The van der Waals surface area contributed by atoms with E-state index >= 15 is 0 Å². The smallest absolute Gasteiger partial charge is 0.337 e. The SMILES string of the molecule is CC(=O)N1CCN(c2nc3c([C@H](C)Nc4ccccc4C(=O)O)cc(C)cc3c(=O)n2C)CC1. The first-order valence-electron chi connectivity index (χ1n) is 11.3. The molecule has 9 nitrogen and oxygen atoms in total. The van der Waals surface area contributed by atoms with Crippen molar-refractivity contribution < 1.29 is 14.7 Å². The number of para-hydroxylation sites is 1. The lowest BCUT2D eigenvalue weighted by Crippen LogP contribution is -2.49. The number of benzene rings is 2. The maximum Gasteiger partial charge on any atom is 0.337 e. The van der Waals surface area contributed by atoms with Gasteiger partial charge in [0.25, 0.3) is 5.56 Å². The zero-order chi connectivity index (χ0) is 24.6. The van der Waals surface area contributed by atoms with E-state index < -0.39 is 5.97 Å². The molecule has 2 aromatic carbocycles. The van der Waals surface area contributed by atoms with E-state index in [4.69, 9.17) is 4.98 Å². The van der Waals surface area contributed by atoms with Crippen LogP contribution in [-0.2, 0) is 11.8 Å². The molecule has 0 spiro atoms. The van der Waals surface area contributed by atoms with Crippen LogP contribution < -0.4 is 15.8 Å². The van der Waals surface area contributed by atoms with Gasteiger partial charge in [-0.1, -0.05) is 18.2 Å². The molecule has 0 saturated carbocycles. The van der Waals surface area contributed by atoms with Gasteiger partial charge in [0, 0.05) is 51.4 Å². The lowest BCUT2D eigenvalue weighted by atomic mass is 10.0. The highest BCUT2D eigenvalue weighted by molar-refractivity contribution is 5.94. The molecule has 3 aromatic rings. The standard InChI is InChI=1S/C25H29N5O4/c1-15-13-19(16(2)26-21-8-6-5-7-18(21)24(33)34)22-20(14-15)23(32)28(4)25(27-22)30-11-9-29(10-12-30)17(3)31/h5-8,13-14,16,26H,9-12H2,1-4H3,(H,33,34)/t16-/m0/s1. The van der Waals surface area contributed by atoms with Crippen molar-refractivity contribution in [2.45, 2.75) is 26.8 Å². The van der Waals surface area contributed by atoms with Crippen LogP contribution in [0.2, 0.25) is 0 Å². The molecule has 0 aliphatic carbocycles. The summed E-state index contributed by atoms with van der Waals surface area (Å²) in [6, 6.07) is 10.3. The van der Waals surface area contributed by atoms with Crippen molar-refractivity contribution >= 4 is 34.4 Å². The Labute approximate surface area is 197 Å². The molecule has 9 heteroatoms. The second kappa shape index (κ2) is 9.17. The molecule has 1 aliphatic rings. The van der Waals surface area contributed by atoms with Crippen LogP contribution in [0.5, 0.6) is 0 Å². The largest absolute Gasteiger partial charge is 0.478 e. The number of fused-ring (bicyclic) bond motifs is 1. The van der Waals surface area contributed by atoms with Crippen LogP contribution in [0.4, 0.5) is 11.6 Å². The van der Waals surface area contributed by atoms with Crippen molar-refractivity contribution in [3.05, 3.63) is 63.4 Å². The number of piperazine rings is 1. The number of carboxylic acids is 1. The van der Waals surface area contributed by atoms with E-state index in [2.05, 4.69) is 5.32 Å². The molecular weight excluding hydrogens is 434 g/mol. The van der Waals surface area contributed by atoms with Gasteiger partial charge in [0.15, 0.2) is 0 Å². The molecule has 1 aromatic heterocycles. The predicted molar refractivity (Wildman–Crippen MR) is 132 cm³/mol. The van der Waals surface area contributed by atoms with Crippen molar-refractivity contribution in [2.24, 2.45) is 7.05 Å². The summed E-state index contributed by atoms with van der Waals surface area (Å²) in [5.74, 6) is -0.411. The van der Waals surface area contributed by atoms with Gasteiger partial charge in [0.2, 0.25) is 11.9 Å². The van der Waals surface area contributed by atoms with E-state index in [1.54, 1.807) is 47.7 Å². The number of nitrogens with zero attached hydrogens (tertiary/aromatic N) is 4. The number of nitrogens with one attached hydrogen (secondary N) is 1. The molecule has 1 amide bonds. The van der Waals surface area contributed by atoms with Crippen LogP contribution in [0.15, 0.2) is 41.2 Å². The number of amides is 1. The molecule has 178 valence electrons. The Morgan fingerprint density at radius 2 is 1.79 bits per heavy atom. The zero-order valence-corrected chi connectivity index (χ0v) is 19.8. The molecule has 2 N–H and O–H groups in total. The molecular formula is C25H29N5O4. The molecule has 34 heavy (non-hydrogen) atoms. The molecule has 2 heterocycles. The number of carboxylic acid groups (broad SMARTS) is 1. The van der Waals surface area contributed by atoms with Crippen molar-refractivity contribution in [1.82, 2.24) is 14.5 Å². The predicted octanol–water partition coefficient (Wildman–Crippen LogP) is 2.78. The van der Waals surface area contributed by atoms with Gasteiger partial charge < -0.3 is 20.2 Å². The van der Waals surface area contributed by atoms with Gasteiger partial charge in [0.1, 0.15) is 0 Å². The lowest BCUT2D eigenvalue weighted by Gasteiger charge is -2.35. The molecule has 0 bridgehead atoms. The molecule has 4 rings (SSSR count).